The van der Waals surface area contributed by atoms with Crippen LogP contribution in [0.2, 0.25) is 0 Å². The number of sulfonamides is 1. The first-order valence-electron chi connectivity index (χ1n) is 19.2. The Balaban J connectivity index is 0.00000372. The van der Waals surface area contributed by atoms with Crippen LogP contribution in [-0.4, -0.2) is 62.2 Å². The van der Waals surface area contributed by atoms with Crippen LogP contribution in [0.3, 0.4) is 0 Å². The van der Waals surface area contributed by atoms with Crippen molar-refractivity contribution in [3.63, 3.8) is 0 Å². The predicted molar refractivity (Wildman–Crippen MR) is 210 cm³/mol. The van der Waals surface area contributed by atoms with Crippen LogP contribution >= 0.6 is 0 Å². The quantitative estimate of drug-likeness (QED) is 0.145. The van der Waals surface area contributed by atoms with Crippen LogP contribution in [0, 0.1) is 5.92 Å². The Bertz CT molecular complexity index is 2170. The monoisotopic (exact) mass is 856 g/mol. The van der Waals surface area contributed by atoms with Crippen molar-refractivity contribution in [2.45, 2.75) is 75.6 Å². The topological polar surface area (TPSA) is 179 Å². The van der Waals surface area contributed by atoms with E-state index in [4.69, 9.17) is 0 Å². The smallest absolute Gasteiger partial charge is 0.550 e. The van der Waals surface area contributed by atoms with Gasteiger partial charge in [-0.1, -0.05) is 49.4 Å². The normalized spacial score (nSPS) is 16.7. The first-order valence-corrected chi connectivity index (χ1v) is 20.6. The number of aromatic carboxylic acids is 1. The zero-order valence-corrected chi connectivity index (χ0v) is 40.4. The van der Waals surface area contributed by atoms with Crippen LogP contribution in [0.15, 0.2) is 95.9 Å². The fourth-order valence-electron chi connectivity index (χ4n) is 7.58. The summed E-state index contributed by atoms with van der Waals surface area (Å²) in [6, 6.07) is 24.8. The summed E-state index contributed by atoms with van der Waals surface area (Å²) in [7, 11) is -4.02. The molecule has 1 aliphatic carbocycles. The maximum Gasteiger partial charge on any atom is 1.00 e. The number of amides is 2. The molecule has 15 heteroatoms. The molecule has 1 saturated carbocycles. The average Bonchev–Trinajstić information content (AvgIpc) is 3.21. The summed E-state index contributed by atoms with van der Waals surface area (Å²) in [6.07, 6.45) is 6.09. The average molecular weight is 857 g/mol. The van der Waals surface area contributed by atoms with E-state index >= 15 is 0 Å². The van der Waals surface area contributed by atoms with E-state index in [2.05, 4.69) is 15.5 Å². The van der Waals surface area contributed by atoms with E-state index in [9.17, 15) is 37.8 Å². The second-order valence-corrected chi connectivity index (χ2v) is 16.3. The summed E-state index contributed by atoms with van der Waals surface area (Å²) in [5.41, 5.74) is 4.18. The molecule has 0 atom stereocenters. The first kappa shape index (κ1) is 48.4. The van der Waals surface area contributed by atoms with Gasteiger partial charge < -0.3 is 35.3 Å². The van der Waals surface area contributed by atoms with Crippen molar-refractivity contribution in [1.29, 1.82) is 0 Å². The van der Waals surface area contributed by atoms with Gasteiger partial charge in [0, 0.05) is 48.6 Å². The summed E-state index contributed by atoms with van der Waals surface area (Å²) in [4.78, 5) is 52.2. The summed E-state index contributed by atoms with van der Waals surface area (Å²) in [5, 5.41) is 28.2. The number of carbonyl (C=O) groups is 4. The van der Waals surface area contributed by atoms with Gasteiger partial charge >= 0.3 is 103 Å². The van der Waals surface area contributed by atoms with Crippen LogP contribution in [0.5, 0.6) is 0 Å². The number of rotatable bonds is 14. The number of carboxylic acids is 2. The molecule has 1 heterocycles. The van der Waals surface area contributed by atoms with Crippen molar-refractivity contribution in [3.05, 3.63) is 119 Å². The molecule has 2 amide bonds. The molecule has 0 spiro atoms. The van der Waals surface area contributed by atoms with Gasteiger partial charge in [0.15, 0.2) is 0 Å². The third-order valence-electron chi connectivity index (χ3n) is 10.8. The number of anilines is 3. The molecular weight excluding hydrogens is 811 g/mol. The number of hydrogen-bond donors (Lipinski definition) is 2. The summed E-state index contributed by atoms with van der Waals surface area (Å²) >= 11 is 0. The van der Waals surface area contributed by atoms with Gasteiger partial charge in [0.1, 0.15) is 0 Å². The number of hydrogen-bond acceptors (Lipinski definition) is 9. The summed E-state index contributed by atoms with van der Waals surface area (Å²) < 4.78 is 29.1. The minimum atomic E-state index is -4.02. The second-order valence-electron chi connectivity index (χ2n) is 14.4. The Morgan fingerprint density at radius 2 is 1.34 bits per heavy atom. The zero-order chi connectivity index (χ0) is 39.8. The fraction of sp³-hybridized carbons (Fsp3) is 0.349. The molecule has 1 aliphatic heterocycles. The van der Waals surface area contributed by atoms with Gasteiger partial charge in [0.25, 0.3) is 11.8 Å². The molecule has 0 bridgehead atoms. The van der Waals surface area contributed by atoms with Gasteiger partial charge in [-0.15, -0.1) is 0 Å². The Kier molecular flexibility index (Phi) is 18.8. The minimum Gasteiger partial charge on any atom is -0.550 e. The Hall–Kier alpha value is -2.26. The molecule has 2 fully saturated rings. The molecule has 0 aromatic heterocycles. The number of nitrogens with zero attached hydrogens (tertiary/aromatic N) is 2. The number of piperidine rings is 1. The summed E-state index contributed by atoms with van der Waals surface area (Å²) in [5.74, 6) is -3.93. The Labute approximate surface area is 425 Å². The maximum atomic E-state index is 13.9. The number of aliphatic carboxylic acids is 1. The van der Waals surface area contributed by atoms with Crippen molar-refractivity contribution < 1.29 is 141 Å². The van der Waals surface area contributed by atoms with E-state index in [-0.39, 0.29) is 143 Å². The van der Waals surface area contributed by atoms with E-state index in [0.29, 0.717) is 44.2 Å². The van der Waals surface area contributed by atoms with E-state index < -0.39 is 39.7 Å². The number of carboxylic acid groups (broad SMARTS) is 2. The van der Waals surface area contributed by atoms with Gasteiger partial charge in [-0.3, -0.25) is 9.59 Å². The summed E-state index contributed by atoms with van der Waals surface area (Å²) in [6.45, 7) is 3.62. The van der Waals surface area contributed by atoms with Gasteiger partial charge in [-0.05, 0) is 129 Å². The SMILES string of the molecule is CCN([C@H]1CC[C@@H](C(=O)[O-])CC1)S(=O)(=O)c1cccc(C(=O)Nc2ccc(N3CCCCC3)cc2C(=O)Nc2ccc(CCc3ccc(C(=O)[O-])cc3)cc2)c1.[K+].[K+]. The molecule has 1 saturated heterocycles. The van der Waals surface area contributed by atoms with Crippen molar-refractivity contribution in [2.24, 2.45) is 5.92 Å². The molecule has 4 aromatic rings. The van der Waals surface area contributed by atoms with Gasteiger partial charge in [0.2, 0.25) is 10.0 Å². The molecule has 2 aliphatic rings. The molecule has 0 unspecified atom stereocenters. The first-order chi connectivity index (χ1) is 26.9. The standard InChI is InChI=1S/C43H48N4O8S.2K/c1-2-47(35-21-17-32(18-22-35)43(52)53)56(54,55)37-8-6-7-33(27-37)40(48)45-39-24-23-36(46-25-4-3-5-26-46)28-38(39)41(49)44-34-19-13-30(14-20-34)10-9-29-11-15-31(16-12-29)42(50)51;;/h6-8,11-16,19-20,23-24,27-28,32,35H,2-5,9-10,17-18,21-22,25-26H2,1H3,(H,44,49)(H,45,48)(H,50,51)(H,52,53);;/q;2*+1/p-2/t32-,35+;;. The van der Waals surface area contributed by atoms with Crippen molar-refractivity contribution in [3.8, 4) is 0 Å². The fourth-order valence-corrected chi connectivity index (χ4v) is 9.32. The van der Waals surface area contributed by atoms with E-state index in [0.717, 1.165) is 49.2 Å². The van der Waals surface area contributed by atoms with Crippen LogP contribution in [-0.2, 0) is 27.7 Å². The number of nitrogens with one attached hydrogen (secondary N) is 2. The van der Waals surface area contributed by atoms with Crippen LogP contribution in [0.25, 0.3) is 0 Å². The van der Waals surface area contributed by atoms with Gasteiger partial charge in [-0.2, -0.15) is 4.31 Å². The molecule has 294 valence electrons. The van der Waals surface area contributed by atoms with Crippen LogP contribution in [0.1, 0.15) is 94.1 Å². The molecule has 12 nitrogen and oxygen atoms in total. The largest absolute Gasteiger partial charge is 1.00 e. The number of aryl methyl sites for hydroxylation is 2. The Morgan fingerprint density at radius 1 is 0.724 bits per heavy atom. The number of benzene rings is 4. The molecule has 6 rings (SSSR count). The maximum absolute atomic E-state index is 13.9. The molecule has 2 N–H and O–H groups in total. The molecule has 58 heavy (non-hydrogen) atoms. The van der Waals surface area contributed by atoms with Gasteiger partial charge in [0.05, 0.1) is 22.1 Å². The Morgan fingerprint density at radius 3 is 1.93 bits per heavy atom. The van der Waals surface area contributed by atoms with E-state index in [1.54, 1.807) is 43.3 Å². The third kappa shape index (κ3) is 12.4. The van der Waals surface area contributed by atoms with E-state index in [1.165, 1.54) is 40.7 Å². The van der Waals surface area contributed by atoms with Crippen molar-refractivity contribution in [1.82, 2.24) is 4.31 Å². The zero-order valence-electron chi connectivity index (χ0n) is 33.4. The molecular formula is C43H46K2N4O8S. The van der Waals surface area contributed by atoms with Crippen molar-refractivity contribution >= 4 is 50.8 Å². The van der Waals surface area contributed by atoms with Crippen LogP contribution < -0.4 is 129 Å². The van der Waals surface area contributed by atoms with Gasteiger partial charge in [-0.25, -0.2) is 8.42 Å². The third-order valence-corrected chi connectivity index (χ3v) is 12.8. The van der Waals surface area contributed by atoms with Crippen molar-refractivity contribution in [2.75, 3.05) is 35.2 Å². The molecule has 0 radical (unpaired) electrons. The second kappa shape index (κ2) is 22.5. The predicted octanol–water partition coefficient (Wildman–Crippen LogP) is -1.34. The number of carbonyl (C=O) groups excluding carboxylic acids is 4. The van der Waals surface area contributed by atoms with E-state index in [1.807, 2.05) is 18.2 Å². The van der Waals surface area contributed by atoms with Crippen LogP contribution in [0.4, 0.5) is 17.1 Å². The molecule has 4 aromatic carbocycles. The minimum absolute atomic E-state index is 0.